The van der Waals surface area contributed by atoms with Crippen molar-refractivity contribution in [2.45, 2.75) is 6.54 Å². The van der Waals surface area contributed by atoms with Crippen LogP contribution >= 0.6 is 11.3 Å². The Balaban J connectivity index is 2.46. The van der Waals surface area contributed by atoms with Crippen molar-refractivity contribution in [3.63, 3.8) is 0 Å². The molecule has 0 aliphatic rings. The van der Waals surface area contributed by atoms with Crippen LogP contribution in [0.25, 0.3) is 0 Å². The summed E-state index contributed by atoms with van der Waals surface area (Å²) >= 11 is 1.48. The lowest BCUT2D eigenvalue weighted by Gasteiger charge is -2.11. The predicted octanol–water partition coefficient (Wildman–Crippen LogP) is 1.34. The Labute approximate surface area is 76.5 Å². The van der Waals surface area contributed by atoms with Crippen LogP contribution < -0.4 is 5.73 Å². The molecule has 0 unspecified atom stereocenters. The minimum atomic E-state index is 0.636. The van der Waals surface area contributed by atoms with E-state index in [1.165, 1.54) is 11.3 Å². The molecule has 2 N–H and O–H groups in total. The van der Waals surface area contributed by atoms with Crippen LogP contribution in [0.1, 0.15) is 5.69 Å². The highest BCUT2D eigenvalue weighted by Crippen LogP contribution is 2.11. The predicted molar refractivity (Wildman–Crippen MR) is 53.1 cm³/mol. The maximum atomic E-state index is 5.50. The quantitative estimate of drug-likeness (QED) is 0.716. The van der Waals surface area contributed by atoms with Crippen molar-refractivity contribution in [1.29, 1.82) is 0 Å². The number of nitrogens with zero attached hydrogens (tertiary/aromatic N) is 2. The average molecular weight is 183 g/mol. The fourth-order valence-corrected chi connectivity index (χ4v) is 1.51. The third-order valence-corrected chi connectivity index (χ3v) is 2.16. The molecule has 1 aromatic heterocycles. The minimum Gasteiger partial charge on any atom is -0.375 e. The summed E-state index contributed by atoms with van der Waals surface area (Å²) in [6.45, 7) is 5.37. The highest BCUT2D eigenvalue weighted by molar-refractivity contribution is 7.13. The number of likely N-dealkylation sites (N-methyl/N-ethyl adjacent to an activating group) is 1. The Morgan fingerprint density at radius 2 is 2.58 bits per heavy atom. The average Bonchev–Trinajstić information content (AvgIpc) is 2.36. The molecule has 0 aliphatic heterocycles. The van der Waals surface area contributed by atoms with Crippen LogP contribution in [-0.2, 0) is 6.54 Å². The standard InChI is InChI=1S/C8H13N3S/c1-3-4-11(2)5-7-6-12-8(9)10-7/h3,6H,1,4-5H2,2H3,(H2,9,10). The first-order valence-corrected chi connectivity index (χ1v) is 4.59. The van der Waals surface area contributed by atoms with E-state index in [9.17, 15) is 0 Å². The largest absolute Gasteiger partial charge is 0.375 e. The second-order valence-corrected chi connectivity index (χ2v) is 3.55. The van der Waals surface area contributed by atoms with Crippen LogP contribution in [0, 0.1) is 0 Å². The second-order valence-electron chi connectivity index (χ2n) is 2.66. The Bertz CT molecular complexity index is 257. The number of rotatable bonds is 4. The molecule has 0 spiro atoms. The van der Waals surface area contributed by atoms with Crippen molar-refractivity contribution in [2.24, 2.45) is 0 Å². The van der Waals surface area contributed by atoms with E-state index in [1.54, 1.807) is 0 Å². The van der Waals surface area contributed by atoms with E-state index in [0.29, 0.717) is 5.13 Å². The summed E-state index contributed by atoms with van der Waals surface area (Å²) < 4.78 is 0. The highest BCUT2D eigenvalue weighted by Gasteiger charge is 2.01. The van der Waals surface area contributed by atoms with Gasteiger partial charge in [0.25, 0.3) is 0 Å². The van der Waals surface area contributed by atoms with E-state index in [2.05, 4.69) is 16.5 Å². The number of hydrogen-bond donors (Lipinski definition) is 1. The molecule has 0 radical (unpaired) electrons. The van der Waals surface area contributed by atoms with E-state index >= 15 is 0 Å². The molecule has 3 nitrogen and oxygen atoms in total. The first-order chi connectivity index (χ1) is 5.72. The molecule has 4 heteroatoms. The Morgan fingerprint density at radius 3 is 3.08 bits per heavy atom. The summed E-state index contributed by atoms with van der Waals surface area (Å²) in [6.07, 6.45) is 1.87. The summed E-state index contributed by atoms with van der Waals surface area (Å²) in [5, 5.41) is 2.62. The molecule has 1 rings (SSSR count). The van der Waals surface area contributed by atoms with E-state index < -0.39 is 0 Å². The molecular formula is C8H13N3S. The SMILES string of the molecule is C=CCN(C)Cc1csc(N)n1. The van der Waals surface area contributed by atoms with Gasteiger partial charge in [0.2, 0.25) is 0 Å². The fraction of sp³-hybridized carbons (Fsp3) is 0.375. The number of nitrogen functional groups attached to an aromatic ring is 1. The first-order valence-electron chi connectivity index (χ1n) is 3.71. The first kappa shape index (κ1) is 9.22. The van der Waals surface area contributed by atoms with Gasteiger partial charge in [-0.25, -0.2) is 4.98 Å². The number of anilines is 1. The molecule has 0 atom stereocenters. The molecule has 0 bridgehead atoms. The lowest BCUT2D eigenvalue weighted by molar-refractivity contribution is 0.360. The summed E-state index contributed by atoms with van der Waals surface area (Å²) in [5.41, 5.74) is 6.53. The van der Waals surface area contributed by atoms with E-state index in [4.69, 9.17) is 5.73 Å². The zero-order valence-corrected chi connectivity index (χ0v) is 7.97. The van der Waals surface area contributed by atoms with Crippen LogP contribution in [0.3, 0.4) is 0 Å². The lowest BCUT2D eigenvalue weighted by atomic mass is 10.4. The van der Waals surface area contributed by atoms with Crippen LogP contribution in [0.2, 0.25) is 0 Å². The summed E-state index contributed by atoms with van der Waals surface area (Å²) in [4.78, 5) is 6.28. The van der Waals surface area contributed by atoms with Crippen molar-refractivity contribution in [1.82, 2.24) is 9.88 Å². The van der Waals surface area contributed by atoms with Gasteiger partial charge in [0.05, 0.1) is 5.69 Å². The fourth-order valence-electron chi connectivity index (χ4n) is 0.957. The molecule has 0 fully saturated rings. The zero-order chi connectivity index (χ0) is 8.97. The smallest absolute Gasteiger partial charge is 0.180 e. The molecule has 1 heterocycles. The second kappa shape index (κ2) is 4.23. The van der Waals surface area contributed by atoms with Gasteiger partial charge in [0, 0.05) is 18.5 Å². The van der Waals surface area contributed by atoms with Crippen molar-refractivity contribution in [3.05, 3.63) is 23.7 Å². The topological polar surface area (TPSA) is 42.1 Å². The molecule has 0 saturated heterocycles. The van der Waals surface area contributed by atoms with Crippen LogP contribution in [0.15, 0.2) is 18.0 Å². The zero-order valence-electron chi connectivity index (χ0n) is 7.16. The number of nitrogens with two attached hydrogens (primary N) is 1. The van der Waals surface area contributed by atoms with Gasteiger partial charge in [-0.05, 0) is 7.05 Å². The number of hydrogen-bond acceptors (Lipinski definition) is 4. The Hall–Kier alpha value is -0.870. The van der Waals surface area contributed by atoms with Crippen LogP contribution in [0.5, 0.6) is 0 Å². The van der Waals surface area contributed by atoms with Gasteiger partial charge < -0.3 is 5.73 Å². The van der Waals surface area contributed by atoms with Crippen LogP contribution in [0.4, 0.5) is 5.13 Å². The van der Waals surface area contributed by atoms with Crippen molar-refractivity contribution < 1.29 is 0 Å². The summed E-state index contributed by atoms with van der Waals surface area (Å²) in [7, 11) is 2.03. The molecule has 0 aromatic carbocycles. The number of aromatic nitrogens is 1. The Kier molecular flexibility index (Phi) is 3.25. The van der Waals surface area contributed by atoms with Gasteiger partial charge in [0.1, 0.15) is 0 Å². The van der Waals surface area contributed by atoms with Gasteiger partial charge in [-0.15, -0.1) is 17.9 Å². The van der Waals surface area contributed by atoms with Crippen molar-refractivity contribution in [2.75, 3.05) is 19.3 Å². The van der Waals surface area contributed by atoms with Gasteiger partial charge in [-0.3, -0.25) is 4.90 Å². The Morgan fingerprint density at radius 1 is 1.83 bits per heavy atom. The van der Waals surface area contributed by atoms with E-state index in [0.717, 1.165) is 18.8 Å². The van der Waals surface area contributed by atoms with Gasteiger partial charge in [0.15, 0.2) is 5.13 Å². The van der Waals surface area contributed by atoms with Gasteiger partial charge >= 0.3 is 0 Å². The van der Waals surface area contributed by atoms with E-state index in [-0.39, 0.29) is 0 Å². The summed E-state index contributed by atoms with van der Waals surface area (Å²) in [5.74, 6) is 0. The number of thiazole rings is 1. The van der Waals surface area contributed by atoms with Crippen molar-refractivity contribution >= 4 is 16.5 Å². The monoisotopic (exact) mass is 183 g/mol. The minimum absolute atomic E-state index is 0.636. The normalized spacial score (nSPS) is 10.5. The summed E-state index contributed by atoms with van der Waals surface area (Å²) in [6, 6.07) is 0. The van der Waals surface area contributed by atoms with Crippen molar-refractivity contribution in [3.8, 4) is 0 Å². The maximum Gasteiger partial charge on any atom is 0.180 e. The molecule has 0 amide bonds. The van der Waals surface area contributed by atoms with Gasteiger partial charge in [-0.2, -0.15) is 0 Å². The third-order valence-electron chi connectivity index (χ3n) is 1.44. The maximum absolute atomic E-state index is 5.50. The lowest BCUT2D eigenvalue weighted by Crippen LogP contribution is -2.17. The molecule has 1 aromatic rings. The molecule has 12 heavy (non-hydrogen) atoms. The molecule has 66 valence electrons. The highest BCUT2D eigenvalue weighted by atomic mass is 32.1. The van der Waals surface area contributed by atoms with Crippen LogP contribution in [-0.4, -0.2) is 23.5 Å². The molecule has 0 aliphatic carbocycles. The molecule has 0 saturated carbocycles. The van der Waals surface area contributed by atoms with E-state index in [1.807, 2.05) is 18.5 Å². The third kappa shape index (κ3) is 2.64. The van der Waals surface area contributed by atoms with Gasteiger partial charge in [-0.1, -0.05) is 6.08 Å². The molecular weight excluding hydrogens is 170 g/mol.